The van der Waals surface area contributed by atoms with Crippen LogP contribution in [0.15, 0.2) is 40.9 Å². The number of fused-ring (bicyclic) bond motifs is 1. The van der Waals surface area contributed by atoms with E-state index in [4.69, 9.17) is 19.6 Å². The molecule has 2 N–H and O–H groups in total. The molecule has 0 fully saturated rings. The van der Waals surface area contributed by atoms with Gasteiger partial charge in [0.2, 0.25) is 5.71 Å². The number of carbonyl (C=O) groups excluding carboxylic acids is 2. The summed E-state index contributed by atoms with van der Waals surface area (Å²) >= 11 is 0. The van der Waals surface area contributed by atoms with Gasteiger partial charge in [-0.1, -0.05) is 35.5 Å². The van der Waals surface area contributed by atoms with Crippen molar-refractivity contribution < 1.29 is 23.5 Å². The average Bonchev–Trinajstić information content (AvgIpc) is 3.37. The summed E-state index contributed by atoms with van der Waals surface area (Å²) in [5, 5.41) is 8.05. The third kappa shape index (κ3) is 4.26. The van der Waals surface area contributed by atoms with Crippen LogP contribution in [0.5, 0.6) is 0 Å². The molecule has 0 aliphatic carbocycles. The molecule has 164 valence electrons. The zero-order valence-corrected chi connectivity index (χ0v) is 17.4. The number of furan rings is 1. The number of aromatic nitrogens is 5. The van der Waals surface area contributed by atoms with Crippen molar-refractivity contribution in [2.24, 2.45) is 0 Å². The van der Waals surface area contributed by atoms with Crippen molar-refractivity contribution >= 4 is 28.9 Å². The number of aryl methyl sites for hydroxylation is 1. The molecule has 0 bridgehead atoms. The minimum absolute atomic E-state index is 0.0229. The predicted octanol–water partition coefficient (Wildman–Crippen LogP) is 2.29. The number of rotatable bonds is 7. The minimum Gasteiger partial charge on any atom is -0.462 e. The average molecular weight is 436 g/mol. The first-order chi connectivity index (χ1) is 15.5. The van der Waals surface area contributed by atoms with Gasteiger partial charge in [0.1, 0.15) is 17.1 Å². The largest absolute Gasteiger partial charge is 0.462 e. The molecule has 4 aromatic rings. The van der Waals surface area contributed by atoms with Crippen molar-refractivity contribution in [1.29, 1.82) is 0 Å². The van der Waals surface area contributed by atoms with E-state index in [0.29, 0.717) is 12.3 Å². The Morgan fingerprint density at radius 2 is 1.91 bits per heavy atom. The molecule has 0 saturated carbocycles. The van der Waals surface area contributed by atoms with Crippen molar-refractivity contribution in [2.45, 2.75) is 27.0 Å². The summed E-state index contributed by atoms with van der Waals surface area (Å²) in [6, 6.07) is 9.64. The number of nitrogen functional groups attached to an aromatic ring is 1. The van der Waals surface area contributed by atoms with Crippen LogP contribution in [-0.4, -0.2) is 43.5 Å². The fraction of sp³-hybridized carbons (Fsp3) is 0.238. The monoisotopic (exact) mass is 436 g/mol. The molecule has 1 aromatic carbocycles. The van der Waals surface area contributed by atoms with Gasteiger partial charge in [0.25, 0.3) is 0 Å². The van der Waals surface area contributed by atoms with E-state index in [9.17, 15) is 9.59 Å². The molecule has 11 heteroatoms. The standard InChI is InChI=1S/C21H20N6O5/c1-3-30-21(29)16-12(2)32-19-17(16)18(22)23-15(24-19)11-31-20(28)14-10-27(26-25-14)9-13-7-5-4-6-8-13/h4-8,10H,3,9,11H2,1-2H3,(H2,22,23,24). The second kappa shape index (κ2) is 8.84. The summed E-state index contributed by atoms with van der Waals surface area (Å²) < 4.78 is 17.3. The Balaban J connectivity index is 1.46. The Morgan fingerprint density at radius 3 is 2.66 bits per heavy atom. The smallest absolute Gasteiger partial charge is 0.360 e. The van der Waals surface area contributed by atoms with Crippen LogP contribution in [0.2, 0.25) is 0 Å². The van der Waals surface area contributed by atoms with Gasteiger partial charge >= 0.3 is 11.9 Å². The van der Waals surface area contributed by atoms with E-state index in [1.807, 2.05) is 30.3 Å². The van der Waals surface area contributed by atoms with Crippen LogP contribution < -0.4 is 5.73 Å². The minimum atomic E-state index is -0.686. The normalized spacial score (nSPS) is 10.9. The van der Waals surface area contributed by atoms with Crippen LogP contribution in [0.25, 0.3) is 11.1 Å². The number of anilines is 1. The lowest BCUT2D eigenvalue weighted by atomic mass is 10.2. The number of benzene rings is 1. The number of hydrogen-bond donors (Lipinski definition) is 1. The SMILES string of the molecule is CCOC(=O)c1c(C)oc2nc(COC(=O)c3cn(Cc4ccccc4)nn3)nc(N)c12. The van der Waals surface area contributed by atoms with Crippen LogP contribution >= 0.6 is 0 Å². The quantitative estimate of drug-likeness (QED) is 0.428. The molecule has 0 spiro atoms. The highest BCUT2D eigenvalue weighted by Gasteiger charge is 2.24. The van der Waals surface area contributed by atoms with Crippen LogP contribution in [-0.2, 0) is 22.6 Å². The highest BCUT2D eigenvalue weighted by Crippen LogP contribution is 2.29. The maximum Gasteiger partial charge on any atom is 0.360 e. The van der Waals surface area contributed by atoms with Crippen molar-refractivity contribution in [3.8, 4) is 0 Å². The number of nitrogens with zero attached hydrogens (tertiary/aromatic N) is 5. The molecule has 0 aliphatic rings. The van der Waals surface area contributed by atoms with E-state index >= 15 is 0 Å². The number of esters is 2. The zero-order valence-electron chi connectivity index (χ0n) is 17.4. The number of ether oxygens (including phenoxy) is 2. The van der Waals surface area contributed by atoms with Gasteiger partial charge in [-0.3, -0.25) is 0 Å². The molecule has 11 nitrogen and oxygen atoms in total. The summed E-state index contributed by atoms with van der Waals surface area (Å²) in [5.74, 6) is -0.811. The molecular weight excluding hydrogens is 416 g/mol. The lowest BCUT2D eigenvalue weighted by Gasteiger charge is -2.04. The van der Waals surface area contributed by atoms with Crippen molar-refractivity contribution in [3.05, 3.63) is 64.9 Å². The Bertz CT molecular complexity index is 1280. The molecular formula is C21H20N6O5. The maximum atomic E-state index is 12.3. The lowest BCUT2D eigenvalue weighted by Crippen LogP contribution is -2.10. The summed E-state index contributed by atoms with van der Waals surface area (Å²) in [6.45, 7) is 3.71. The highest BCUT2D eigenvalue weighted by atomic mass is 16.5. The number of hydrogen-bond acceptors (Lipinski definition) is 10. The third-order valence-electron chi connectivity index (χ3n) is 4.55. The Morgan fingerprint density at radius 1 is 1.12 bits per heavy atom. The molecule has 0 aliphatic heterocycles. The van der Waals surface area contributed by atoms with Gasteiger partial charge in [0.15, 0.2) is 18.1 Å². The fourth-order valence-corrected chi connectivity index (χ4v) is 3.14. The maximum absolute atomic E-state index is 12.3. The topological polar surface area (TPSA) is 148 Å². The number of nitrogens with two attached hydrogens (primary N) is 1. The molecule has 3 aromatic heterocycles. The summed E-state index contributed by atoms with van der Waals surface area (Å²) in [5.41, 5.74) is 7.37. The third-order valence-corrected chi connectivity index (χ3v) is 4.55. The van der Waals surface area contributed by atoms with Crippen LogP contribution in [0, 0.1) is 6.92 Å². The molecule has 0 radical (unpaired) electrons. The first-order valence-electron chi connectivity index (χ1n) is 9.80. The molecule has 0 amide bonds. The van der Waals surface area contributed by atoms with E-state index in [0.717, 1.165) is 5.56 Å². The zero-order chi connectivity index (χ0) is 22.7. The van der Waals surface area contributed by atoms with E-state index in [2.05, 4.69) is 20.3 Å². The van der Waals surface area contributed by atoms with Gasteiger partial charge in [0.05, 0.1) is 24.7 Å². The van der Waals surface area contributed by atoms with Crippen LogP contribution in [0.4, 0.5) is 5.82 Å². The first kappa shape index (κ1) is 21.0. The summed E-state index contributed by atoms with van der Waals surface area (Å²) in [6.07, 6.45) is 1.50. The van der Waals surface area contributed by atoms with Crippen molar-refractivity contribution in [1.82, 2.24) is 25.0 Å². The molecule has 4 rings (SSSR count). The van der Waals surface area contributed by atoms with Gasteiger partial charge < -0.3 is 19.6 Å². The van der Waals surface area contributed by atoms with Crippen LogP contribution in [0.3, 0.4) is 0 Å². The van der Waals surface area contributed by atoms with E-state index in [1.165, 1.54) is 10.9 Å². The molecule has 32 heavy (non-hydrogen) atoms. The highest BCUT2D eigenvalue weighted by molar-refractivity contribution is 6.07. The fourth-order valence-electron chi connectivity index (χ4n) is 3.14. The lowest BCUT2D eigenvalue weighted by molar-refractivity contribution is 0.0454. The molecule has 0 unspecified atom stereocenters. The van der Waals surface area contributed by atoms with Crippen molar-refractivity contribution in [2.75, 3.05) is 12.3 Å². The molecule has 0 saturated heterocycles. The van der Waals surface area contributed by atoms with E-state index in [-0.39, 0.29) is 47.2 Å². The van der Waals surface area contributed by atoms with Gasteiger partial charge in [0, 0.05) is 0 Å². The number of carbonyl (C=O) groups is 2. The Hall–Kier alpha value is -4.28. The summed E-state index contributed by atoms with van der Waals surface area (Å²) in [4.78, 5) is 32.9. The molecule has 0 atom stereocenters. The summed E-state index contributed by atoms with van der Waals surface area (Å²) in [7, 11) is 0. The van der Waals surface area contributed by atoms with Gasteiger partial charge in [-0.25, -0.2) is 19.3 Å². The Kier molecular flexibility index (Phi) is 5.79. The molecule has 3 heterocycles. The van der Waals surface area contributed by atoms with E-state index < -0.39 is 11.9 Å². The van der Waals surface area contributed by atoms with Gasteiger partial charge in [-0.05, 0) is 19.4 Å². The van der Waals surface area contributed by atoms with Gasteiger partial charge in [-0.2, -0.15) is 4.98 Å². The second-order valence-corrected chi connectivity index (χ2v) is 6.82. The Labute approximate surface area is 182 Å². The van der Waals surface area contributed by atoms with Crippen LogP contribution in [0.1, 0.15) is 44.9 Å². The van der Waals surface area contributed by atoms with Crippen molar-refractivity contribution in [3.63, 3.8) is 0 Å². The van der Waals surface area contributed by atoms with E-state index in [1.54, 1.807) is 13.8 Å². The predicted molar refractivity (Wildman–Crippen MR) is 112 cm³/mol. The second-order valence-electron chi connectivity index (χ2n) is 6.82. The first-order valence-corrected chi connectivity index (χ1v) is 9.80. The van der Waals surface area contributed by atoms with Gasteiger partial charge in [-0.15, -0.1) is 5.10 Å².